The third kappa shape index (κ3) is 2.27. The van der Waals surface area contributed by atoms with Gasteiger partial charge in [-0.3, -0.25) is 0 Å². The first-order chi connectivity index (χ1) is 5.77. The van der Waals surface area contributed by atoms with Gasteiger partial charge >= 0.3 is 0 Å². The molecule has 0 saturated heterocycles. The van der Waals surface area contributed by atoms with Crippen LogP contribution in [0.25, 0.3) is 0 Å². The first-order valence-corrected chi connectivity index (χ1v) is 5.07. The Hall–Kier alpha value is 0.01000. The summed E-state index contributed by atoms with van der Waals surface area (Å²) in [5, 5.41) is 0. The molecule has 0 aliphatic heterocycles. The summed E-state index contributed by atoms with van der Waals surface area (Å²) in [6.45, 7) is 0. The van der Waals surface area contributed by atoms with Gasteiger partial charge in [0.2, 0.25) is 0 Å². The Kier molecular flexibility index (Phi) is 3.83. The molecule has 0 spiro atoms. The van der Waals surface area contributed by atoms with Gasteiger partial charge in [-0.25, -0.2) is 0 Å². The quantitative estimate of drug-likeness (QED) is 0.892. The maximum Gasteiger partial charge on any atom is 0.169 e. The zero-order valence-electron chi connectivity index (χ0n) is 7.20. The molecule has 1 aliphatic rings. The molecule has 13 heavy (non-hydrogen) atoms. The van der Waals surface area contributed by atoms with Crippen molar-refractivity contribution in [3.05, 3.63) is 22.6 Å². The maximum atomic E-state index is 6.00. The normalized spacial score (nSPS) is 18.9. The maximum absolute atomic E-state index is 6.00. The smallest absolute Gasteiger partial charge is 0.169 e. The van der Waals surface area contributed by atoms with E-state index >= 15 is 0 Å². The van der Waals surface area contributed by atoms with Gasteiger partial charge in [0.15, 0.2) is 4.67 Å². The largest absolute Gasteiger partial charge is 0.453 e. The minimum absolute atomic E-state index is 0. The van der Waals surface area contributed by atoms with Crippen molar-refractivity contribution < 1.29 is 4.42 Å². The highest BCUT2D eigenvalue weighted by molar-refractivity contribution is 9.10. The average molecular weight is 267 g/mol. The van der Waals surface area contributed by atoms with Crippen LogP contribution in [-0.2, 0) is 0 Å². The fraction of sp³-hybridized carbons (Fsp3) is 0.556. The molecule has 1 aromatic rings. The van der Waals surface area contributed by atoms with Crippen LogP contribution in [0.1, 0.15) is 31.1 Å². The topological polar surface area (TPSA) is 39.2 Å². The van der Waals surface area contributed by atoms with Crippen molar-refractivity contribution in [3.63, 3.8) is 0 Å². The molecule has 2 N–H and O–H groups in total. The summed E-state index contributed by atoms with van der Waals surface area (Å²) >= 11 is 3.27. The minimum Gasteiger partial charge on any atom is -0.453 e. The Morgan fingerprint density at radius 1 is 1.46 bits per heavy atom. The van der Waals surface area contributed by atoms with Gasteiger partial charge < -0.3 is 10.2 Å². The summed E-state index contributed by atoms with van der Waals surface area (Å²) < 4.78 is 6.16. The third-order valence-electron chi connectivity index (χ3n) is 2.58. The van der Waals surface area contributed by atoms with Gasteiger partial charge in [0.25, 0.3) is 0 Å². The highest BCUT2D eigenvalue weighted by Gasteiger charge is 2.27. The first-order valence-electron chi connectivity index (χ1n) is 4.28. The van der Waals surface area contributed by atoms with Crippen LogP contribution < -0.4 is 5.73 Å². The van der Waals surface area contributed by atoms with E-state index in [0.717, 1.165) is 10.4 Å². The van der Waals surface area contributed by atoms with E-state index in [1.54, 1.807) is 0 Å². The van der Waals surface area contributed by atoms with Crippen molar-refractivity contribution in [2.24, 2.45) is 11.7 Å². The molecule has 1 heterocycles. The summed E-state index contributed by atoms with van der Waals surface area (Å²) in [6, 6.07) is 3.95. The monoisotopic (exact) mass is 265 g/mol. The molecule has 0 bridgehead atoms. The van der Waals surface area contributed by atoms with E-state index in [1.807, 2.05) is 12.1 Å². The lowest BCUT2D eigenvalue weighted by Gasteiger charge is -2.29. The van der Waals surface area contributed by atoms with Crippen molar-refractivity contribution in [2.75, 3.05) is 0 Å². The van der Waals surface area contributed by atoms with Crippen LogP contribution in [0, 0.1) is 5.92 Å². The van der Waals surface area contributed by atoms with E-state index in [1.165, 1.54) is 19.3 Å². The predicted molar refractivity (Wildman–Crippen MR) is 57.9 cm³/mol. The molecule has 1 atom stereocenters. The second-order valence-corrected chi connectivity index (χ2v) is 4.14. The van der Waals surface area contributed by atoms with E-state index in [0.29, 0.717) is 5.92 Å². The van der Waals surface area contributed by atoms with Crippen LogP contribution in [0.2, 0.25) is 0 Å². The van der Waals surface area contributed by atoms with E-state index in [9.17, 15) is 0 Å². The number of hydrogen-bond acceptors (Lipinski definition) is 2. The van der Waals surface area contributed by atoms with Crippen LogP contribution in [0.3, 0.4) is 0 Å². The van der Waals surface area contributed by atoms with E-state index < -0.39 is 0 Å². The Morgan fingerprint density at radius 2 is 2.15 bits per heavy atom. The molecular formula is C9H13BrClNO. The molecule has 0 radical (unpaired) electrons. The van der Waals surface area contributed by atoms with Gasteiger partial charge in [-0.15, -0.1) is 12.4 Å². The summed E-state index contributed by atoms with van der Waals surface area (Å²) in [5.74, 6) is 1.55. The third-order valence-corrected chi connectivity index (χ3v) is 3.01. The number of rotatable bonds is 2. The van der Waals surface area contributed by atoms with Crippen LogP contribution in [0.15, 0.2) is 21.2 Å². The molecule has 2 nitrogen and oxygen atoms in total. The van der Waals surface area contributed by atoms with Crippen molar-refractivity contribution in [1.29, 1.82) is 0 Å². The zero-order valence-corrected chi connectivity index (χ0v) is 9.61. The molecule has 1 aliphatic carbocycles. The Balaban J connectivity index is 0.000000845. The standard InChI is InChI=1S/C9H12BrNO.ClH/c10-8-5-4-7(12-8)9(11)6-2-1-3-6;/h4-6,9H,1-3,11H2;1H/t9-;/m0./s1. The molecule has 1 aromatic heterocycles. The SMILES string of the molecule is Cl.N[C@H](c1ccc(Br)o1)C1CCC1. The molecular weight excluding hydrogens is 253 g/mol. The molecule has 1 saturated carbocycles. The van der Waals surface area contributed by atoms with Crippen LogP contribution >= 0.6 is 28.3 Å². The number of furan rings is 1. The molecule has 2 rings (SSSR count). The van der Waals surface area contributed by atoms with E-state index in [2.05, 4.69) is 15.9 Å². The molecule has 1 fully saturated rings. The summed E-state index contributed by atoms with van der Waals surface area (Å²) in [7, 11) is 0. The lowest BCUT2D eigenvalue weighted by Crippen LogP contribution is -2.26. The zero-order chi connectivity index (χ0) is 8.55. The molecule has 0 amide bonds. The number of hydrogen-bond donors (Lipinski definition) is 1. The van der Waals surface area contributed by atoms with Crippen molar-refractivity contribution in [1.82, 2.24) is 0 Å². The number of nitrogens with two attached hydrogens (primary N) is 1. The van der Waals surface area contributed by atoms with Gasteiger partial charge in [-0.1, -0.05) is 6.42 Å². The highest BCUT2D eigenvalue weighted by Crippen LogP contribution is 2.36. The Labute approximate surface area is 92.4 Å². The second kappa shape index (κ2) is 4.49. The van der Waals surface area contributed by atoms with Gasteiger partial charge in [0.1, 0.15) is 5.76 Å². The number of halogens is 2. The summed E-state index contributed by atoms with van der Waals surface area (Å²) in [5.41, 5.74) is 6.00. The van der Waals surface area contributed by atoms with Crippen molar-refractivity contribution >= 4 is 28.3 Å². The Bertz CT molecular complexity index is 272. The van der Waals surface area contributed by atoms with Gasteiger partial charge in [0, 0.05) is 0 Å². The fourth-order valence-electron chi connectivity index (χ4n) is 1.54. The summed E-state index contributed by atoms with van der Waals surface area (Å²) in [6.07, 6.45) is 3.82. The molecule has 4 heteroatoms. The van der Waals surface area contributed by atoms with Gasteiger partial charge in [-0.2, -0.15) is 0 Å². The molecule has 74 valence electrons. The minimum atomic E-state index is 0. The fourth-order valence-corrected chi connectivity index (χ4v) is 1.86. The summed E-state index contributed by atoms with van der Waals surface area (Å²) in [4.78, 5) is 0. The van der Waals surface area contributed by atoms with Crippen LogP contribution in [-0.4, -0.2) is 0 Å². The van der Waals surface area contributed by atoms with Crippen LogP contribution in [0.4, 0.5) is 0 Å². The first kappa shape index (κ1) is 11.1. The van der Waals surface area contributed by atoms with Crippen LogP contribution in [0.5, 0.6) is 0 Å². The van der Waals surface area contributed by atoms with Gasteiger partial charge in [0.05, 0.1) is 6.04 Å². The molecule has 0 aromatic carbocycles. The molecule has 0 unspecified atom stereocenters. The van der Waals surface area contributed by atoms with Gasteiger partial charge in [-0.05, 0) is 46.8 Å². The lowest BCUT2D eigenvalue weighted by atomic mass is 9.79. The van der Waals surface area contributed by atoms with E-state index in [-0.39, 0.29) is 18.4 Å². The Morgan fingerprint density at radius 3 is 2.54 bits per heavy atom. The second-order valence-electron chi connectivity index (χ2n) is 3.36. The average Bonchev–Trinajstić information content (AvgIpc) is 2.31. The highest BCUT2D eigenvalue weighted by atomic mass is 79.9. The predicted octanol–water partition coefficient (Wildman–Crippen LogP) is 3.26. The van der Waals surface area contributed by atoms with Crippen molar-refractivity contribution in [2.45, 2.75) is 25.3 Å². The van der Waals surface area contributed by atoms with E-state index in [4.69, 9.17) is 10.2 Å². The van der Waals surface area contributed by atoms with Crippen molar-refractivity contribution in [3.8, 4) is 0 Å². The lowest BCUT2D eigenvalue weighted by molar-refractivity contribution is 0.239.